The Labute approximate surface area is 121 Å². The van der Waals surface area contributed by atoms with Crippen LogP contribution in [0.4, 0.5) is 0 Å². The van der Waals surface area contributed by atoms with Crippen LogP contribution in [0.5, 0.6) is 0 Å². The second-order valence-corrected chi connectivity index (χ2v) is 5.09. The van der Waals surface area contributed by atoms with Crippen molar-refractivity contribution >= 4 is 0 Å². The van der Waals surface area contributed by atoms with Crippen molar-refractivity contribution in [2.45, 2.75) is 52.1 Å². The molecule has 0 aromatic carbocycles. The minimum Gasteiger partial charge on any atom is -0.468 e. The Bertz CT molecular complexity index is 486. The number of rotatable bonds is 8. The van der Waals surface area contributed by atoms with Crippen LogP contribution in [0.2, 0.25) is 0 Å². The molecule has 0 spiro atoms. The molecule has 1 unspecified atom stereocenters. The highest BCUT2D eigenvalue weighted by Gasteiger charge is 2.16. The number of hydrogen-bond donors (Lipinski definition) is 1. The number of likely N-dealkylation sites (N-methyl/N-ethyl adjacent to an activating group) is 1. The molecule has 0 fully saturated rings. The van der Waals surface area contributed by atoms with Gasteiger partial charge in [-0.25, -0.2) is 0 Å². The van der Waals surface area contributed by atoms with E-state index in [1.807, 2.05) is 12.1 Å². The van der Waals surface area contributed by atoms with Gasteiger partial charge in [-0.3, -0.25) is 4.68 Å². The van der Waals surface area contributed by atoms with E-state index < -0.39 is 0 Å². The molecular formula is C16H25N3O. The van der Waals surface area contributed by atoms with Gasteiger partial charge in [0, 0.05) is 12.6 Å². The molecule has 0 radical (unpaired) electrons. The van der Waals surface area contributed by atoms with E-state index in [9.17, 15) is 0 Å². The molecule has 20 heavy (non-hydrogen) atoms. The van der Waals surface area contributed by atoms with Gasteiger partial charge in [0.1, 0.15) is 5.76 Å². The fourth-order valence-corrected chi connectivity index (χ4v) is 2.57. The standard InChI is InChI=1S/C16H25N3O/c1-4-14(5-2)19-10-9-13(18-19)12-15(17-6-3)16-8-7-11-20-16/h7-11,14-15,17H,4-6,12H2,1-3H3. The molecule has 1 atom stereocenters. The average Bonchev–Trinajstić information content (AvgIpc) is 3.11. The zero-order chi connectivity index (χ0) is 14.4. The molecule has 4 nitrogen and oxygen atoms in total. The third-order valence-corrected chi connectivity index (χ3v) is 3.73. The van der Waals surface area contributed by atoms with Crippen LogP contribution in [0.25, 0.3) is 0 Å². The summed E-state index contributed by atoms with van der Waals surface area (Å²) in [5.41, 5.74) is 1.11. The molecule has 2 aromatic rings. The van der Waals surface area contributed by atoms with Crippen LogP contribution in [0.3, 0.4) is 0 Å². The monoisotopic (exact) mass is 275 g/mol. The van der Waals surface area contributed by atoms with Gasteiger partial charge in [0.15, 0.2) is 0 Å². The fraction of sp³-hybridized carbons (Fsp3) is 0.562. The van der Waals surface area contributed by atoms with E-state index in [4.69, 9.17) is 9.52 Å². The van der Waals surface area contributed by atoms with Crippen LogP contribution in [0.1, 0.15) is 57.2 Å². The van der Waals surface area contributed by atoms with Gasteiger partial charge >= 0.3 is 0 Å². The summed E-state index contributed by atoms with van der Waals surface area (Å²) in [4.78, 5) is 0. The predicted molar refractivity (Wildman–Crippen MR) is 80.7 cm³/mol. The van der Waals surface area contributed by atoms with Crippen LogP contribution in [-0.4, -0.2) is 16.3 Å². The van der Waals surface area contributed by atoms with Crippen LogP contribution in [0, 0.1) is 0 Å². The van der Waals surface area contributed by atoms with Crippen molar-refractivity contribution in [3.8, 4) is 0 Å². The van der Waals surface area contributed by atoms with E-state index in [-0.39, 0.29) is 6.04 Å². The van der Waals surface area contributed by atoms with Crippen molar-refractivity contribution < 1.29 is 4.42 Å². The van der Waals surface area contributed by atoms with Crippen LogP contribution in [0.15, 0.2) is 35.1 Å². The SMILES string of the molecule is CCNC(Cc1ccn(C(CC)CC)n1)c1ccco1. The Morgan fingerprint density at radius 3 is 2.65 bits per heavy atom. The van der Waals surface area contributed by atoms with Gasteiger partial charge < -0.3 is 9.73 Å². The van der Waals surface area contributed by atoms with Crippen LogP contribution in [-0.2, 0) is 6.42 Å². The quantitative estimate of drug-likeness (QED) is 0.798. The normalized spacial score (nSPS) is 13.0. The van der Waals surface area contributed by atoms with E-state index in [0.717, 1.165) is 37.3 Å². The largest absolute Gasteiger partial charge is 0.468 e. The van der Waals surface area contributed by atoms with E-state index in [2.05, 4.69) is 43.0 Å². The number of furan rings is 1. The highest BCUT2D eigenvalue weighted by Crippen LogP contribution is 2.20. The second kappa shape index (κ2) is 7.29. The summed E-state index contributed by atoms with van der Waals surface area (Å²) < 4.78 is 7.62. The Morgan fingerprint density at radius 1 is 1.25 bits per heavy atom. The average molecular weight is 275 g/mol. The maximum Gasteiger partial charge on any atom is 0.121 e. The first kappa shape index (κ1) is 14.9. The highest BCUT2D eigenvalue weighted by atomic mass is 16.3. The maximum absolute atomic E-state index is 5.52. The van der Waals surface area contributed by atoms with Gasteiger partial charge in [-0.15, -0.1) is 0 Å². The lowest BCUT2D eigenvalue weighted by atomic mass is 10.1. The summed E-state index contributed by atoms with van der Waals surface area (Å²) in [7, 11) is 0. The highest BCUT2D eigenvalue weighted by molar-refractivity contribution is 5.10. The Morgan fingerprint density at radius 2 is 2.05 bits per heavy atom. The smallest absolute Gasteiger partial charge is 0.121 e. The lowest BCUT2D eigenvalue weighted by Gasteiger charge is -2.15. The molecule has 4 heteroatoms. The summed E-state index contributed by atoms with van der Waals surface area (Å²) in [6.45, 7) is 7.44. The third kappa shape index (κ3) is 3.51. The minimum absolute atomic E-state index is 0.194. The summed E-state index contributed by atoms with van der Waals surface area (Å²) in [6.07, 6.45) is 6.91. The summed E-state index contributed by atoms with van der Waals surface area (Å²) in [6, 6.07) is 6.77. The number of nitrogens with zero attached hydrogens (tertiary/aromatic N) is 2. The predicted octanol–water partition coefficient (Wildman–Crippen LogP) is 3.73. The Balaban J connectivity index is 2.07. The van der Waals surface area contributed by atoms with Crippen molar-refractivity contribution in [1.82, 2.24) is 15.1 Å². The first-order chi connectivity index (χ1) is 9.78. The first-order valence-corrected chi connectivity index (χ1v) is 7.59. The molecule has 110 valence electrons. The van der Waals surface area contributed by atoms with E-state index in [0.29, 0.717) is 6.04 Å². The van der Waals surface area contributed by atoms with E-state index in [1.54, 1.807) is 6.26 Å². The first-order valence-electron chi connectivity index (χ1n) is 7.59. The van der Waals surface area contributed by atoms with Gasteiger partial charge in [0.05, 0.1) is 24.0 Å². The molecule has 0 aliphatic heterocycles. The minimum atomic E-state index is 0.194. The van der Waals surface area contributed by atoms with Gasteiger partial charge in [-0.05, 0) is 37.6 Å². The summed E-state index contributed by atoms with van der Waals surface area (Å²) in [5.74, 6) is 0.976. The maximum atomic E-state index is 5.52. The van der Waals surface area contributed by atoms with Crippen molar-refractivity contribution in [2.24, 2.45) is 0 Å². The Kier molecular flexibility index (Phi) is 5.41. The molecule has 0 saturated heterocycles. The van der Waals surface area contributed by atoms with Crippen LogP contribution >= 0.6 is 0 Å². The van der Waals surface area contributed by atoms with E-state index in [1.165, 1.54) is 0 Å². The molecule has 2 aromatic heterocycles. The third-order valence-electron chi connectivity index (χ3n) is 3.73. The molecule has 0 aliphatic rings. The zero-order valence-electron chi connectivity index (χ0n) is 12.7. The van der Waals surface area contributed by atoms with Gasteiger partial charge in [-0.2, -0.15) is 5.10 Å². The van der Waals surface area contributed by atoms with Crippen molar-refractivity contribution in [3.63, 3.8) is 0 Å². The molecule has 0 aliphatic carbocycles. The fourth-order valence-electron chi connectivity index (χ4n) is 2.57. The number of hydrogen-bond acceptors (Lipinski definition) is 3. The lowest BCUT2D eigenvalue weighted by molar-refractivity contribution is 0.403. The molecular weight excluding hydrogens is 250 g/mol. The second-order valence-electron chi connectivity index (χ2n) is 5.09. The van der Waals surface area contributed by atoms with Gasteiger partial charge in [-0.1, -0.05) is 20.8 Å². The molecule has 0 bridgehead atoms. The number of nitrogens with one attached hydrogen (secondary N) is 1. The summed E-state index contributed by atoms with van der Waals surface area (Å²) in [5, 5.41) is 8.18. The van der Waals surface area contributed by atoms with Crippen molar-refractivity contribution in [2.75, 3.05) is 6.54 Å². The molecule has 2 heterocycles. The van der Waals surface area contributed by atoms with E-state index >= 15 is 0 Å². The van der Waals surface area contributed by atoms with Crippen LogP contribution < -0.4 is 5.32 Å². The molecule has 0 saturated carbocycles. The summed E-state index contributed by atoms with van der Waals surface area (Å²) >= 11 is 0. The Hall–Kier alpha value is -1.55. The number of aromatic nitrogens is 2. The lowest BCUT2D eigenvalue weighted by Crippen LogP contribution is -2.22. The topological polar surface area (TPSA) is 43.0 Å². The van der Waals surface area contributed by atoms with Crippen molar-refractivity contribution in [3.05, 3.63) is 42.1 Å². The van der Waals surface area contributed by atoms with Gasteiger partial charge in [0.2, 0.25) is 0 Å². The zero-order valence-corrected chi connectivity index (χ0v) is 12.7. The molecule has 0 amide bonds. The molecule has 1 N–H and O–H groups in total. The van der Waals surface area contributed by atoms with Gasteiger partial charge in [0.25, 0.3) is 0 Å². The molecule has 2 rings (SSSR count). The van der Waals surface area contributed by atoms with Crippen molar-refractivity contribution in [1.29, 1.82) is 0 Å².